The fraction of sp³-hybridized carbons (Fsp3) is 0.316. The quantitative estimate of drug-likeness (QED) is 0.845. The summed E-state index contributed by atoms with van der Waals surface area (Å²) < 4.78 is 0. The van der Waals surface area contributed by atoms with Gasteiger partial charge < -0.3 is 15.3 Å². The molecule has 0 aliphatic carbocycles. The lowest BCUT2D eigenvalue weighted by Gasteiger charge is -2.30. The van der Waals surface area contributed by atoms with Crippen LogP contribution in [0.5, 0.6) is 0 Å². The van der Waals surface area contributed by atoms with Crippen molar-refractivity contribution in [1.29, 1.82) is 0 Å². The Morgan fingerprint density at radius 1 is 1.27 bits per heavy atom. The van der Waals surface area contributed by atoms with Crippen LogP contribution in [0.3, 0.4) is 0 Å². The first-order valence-electron chi connectivity index (χ1n) is 8.37. The number of amides is 2. The Bertz CT molecular complexity index is 832. The first kappa shape index (κ1) is 18.1. The molecule has 2 amide bonds. The number of hydrogen-bond donors (Lipinski definition) is 2. The standard InChI is InChI=1S/C19H20N2O4S/c1-12(22)20-16(17-3-2-8-26-17)10-18(23)21-7-6-13-4-5-14(19(24)25)9-15(13)11-21/h2-5,8-9,16H,6-7,10-11H2,1H3,(H,20,22)(H,24,25). The van der Waals surface area contributed by atoms with Gasteiger partial charge in [-0.2, -0.15) is 0 Å². The molecule has 0 saturated carbocycles. The van der Waals surface area contributed by atoms with Gasteiger partial charge in [-0.3, -0.25) is 9.59 Å². The number of hydrogen-bond acceptors (Lipinski definition) is 4. The number of carbonyl (C=O) groups excluding carboxylic acids is 2. The highest BCUT2D eigenvalue weighted by Crippen LogP contribution is 2.26. The summed E-state index contributed by atoms with van der Waals surface area (Å²) in [4.78, 5) is 38.1. The number of fused-ring (bicyclic) bond motifs is 1. The van der Waals surface area contributed by atoms with Gasteiger partial charge in [-0.15, -0.1) is 11.3 Å². The van der Waals surface area contributed by atoms with Gasteiger partial charge in [0.1, 0.15) is 0 Å². The van der Waals surface area contributed by atoms with Gasteiger partial charge in [0.25, 0.3) is 0 Å². The zero-order chi connectivity index (χ0) is 18.7. The minimum atomic E-state index is -0.973. The second-order valence-electron chi connectivity index (χ2n) is 6.33. The van der Waals surface area contributed by atoms with Crippen molar-refractivity contribution >= 4 is 29.1 Å². The summed E-state index contributed by atoms with van der Waals surface area (Å²) in [5, 5.41) is 13.9. The maximum Gasteiger partial charge on any atom is 0.335 e. The van der Waals surface area contributed by atoms with Crippen LogP contribution in [-0.2, 0) is 22.6 Å². The van der Waals surface area contributed by atoms with Crippen molar-refractivity contribution in [3.8, 4) is 0 Å². The maximum atomic E-state index is 12.8. The number of nitrogens with one attached hydrogen (secondary N) is 1. The van der Waals surface area contributed by atoms with Gasteiger partial charge in [0, 0.05) is 24.9 Å². The van der Waals surface area contributed by atoms with Crippen LogP contribution in [0.15, 0.2) is 35.7 Å². The third-order valence-corrected chi connectivity index (χ3v) is 5.45. The van der Waals surface area contributed by atoms with E-state index in [0.29, 0.717) is 19.5 Å². The van der Waals surface area contributed by atoms with E-state index in [1.807, 2.05) is 23.6 Å². The molecule has 2 aromatic rings. The van der Waals surface area contributed by atoms with Gasteiger partial charge in [-0.25, -0.2) is 4.79 Å². The molecule has 3 rings (SSSR count). The Balaban J connectivity index is 1.73. The number of carbonyl (C=O) groups is 3. The predicted octanol–water partition coefficient (Wildman–Crippen LogP) is 2.60. The number of rotatable bonds is 5. The van der Waals surface area contributed by atoms with Crippen molar-refractivity contribution in [2.24, 2.45) is 0 Å². The summed E-state index contributed by atoms with van der Waals surface area (Å²) in [6, 6.07) is 8.52. The lowest BCUT2D eigenvalue weighted by Crippen LogP contribution is -2.38. The van der Waals surface area contributed by atoms with Gasteiger partial charge in [-0.05, 0) is 41.1 Å². The van der Waals surface area contributed by atoms with Crippen molar-refractivity contribution in [2.75, 3.05) is 6.54 Å². The normalized spacial score (nSPS) is 14.4. The molecule has 2 N–H and O–H groups in total. The van der Waals surface area contributed by atoms with Crippen LogP contribution in [0.2, 0.25) is 0 Å². The third-order valence-electron chi connectivity index (χ3n) is 4.46. The molecule has 0 spiro atoms. The van der Waals surface area contributed by atoms with E-state index in [1.54, 1.807) is 17.0 Å². The molecule has 2 heterocycles. The Hall–Kier alpha value is -2.67. The van der Waals surface area contributed by atoms with E-state index >= 15 is 0 Å². The molecule has 0 fully saturated rings. The van der Waals surface area contributed by atoms with Gasteiger partial charge in [0.2, 0.25) is 11.8 Å². The molecule has 1 atom stereocenters. The van der Waals surface area contributed by atoms with Crippen molar-refractivity contribution < 1.29 is 19.5 Å². The molecular weight excluding hydrogens is 352 g/mol. The Morgan fingerprint density at radius 3 is 2.73 bits per heavy atom. The van der Waals surface area contributed by atoms with Crippen LogP contribution in [0.1, 0.15) is 45.7 Å². The number of benzene rings is 1. The summed E-state index contributed by atoms with van der Waals surface area (Å²) in [6.45, 7) is 2.43. The zero-order valence-corrected chi connectivity index (χ0v) is 15.2. The summed E-state index contributed by atoms with van der Waals surface area (Å²) in [5.74, 6) is -1.20. The summed E-state index contributed by atoms with van der Waals surface area (Å²) in [5.41, 5.74) is 2.18. The van der Waals surface area contributed by atoms with Gasteiger partial charge >= 0.3 is 5.97 Å². The van der Waals surface area contributed by atoms with Crippen LogP contribution >= 0.6 is 11.3 Å². The monoisotopic (exact) mass is 372 g/mol. The molecule has 1 aromatic carbocycles. The number of aromatic carboxylic acids is 1. The fourth-order valence-electron chi connectivity index (χ4n) is 3.16. The largest absolute Gasteiger partial charge is 0.478 e. The zero-order valence-electron chi connectivity index (χ0n) is 14.4. The maximum absolute atomic E-state index is 12.8. The second-order valence-corrected chi connectivity index (χ2v) is 7.31. The van der Waals surface area contributed by atoms with Gasteiger partial charge in [-0.1, -0.05) is 12.1 Å². The minimum Gasteiger partial charge on any atom is -0.478 e. The molecule has 26 heavy (non-hydrogen) atoms. The van der Waals surface area contributed by atoms with Crippen LogP contribution in [0.25, 0.3) is 0 Å². The lowest BCUT2D eigenvalue weighted by atomic mass is 9.97. The van der Waals surface area contributed by atoms with Crippen LogP contribution in [0.4, 0.5) is 0 Å². The molecule has 0 bridgehead atoms. The highest BCUT2D eigenvalue weighted by Gasteiger charge is 2.25. The molecule has 0 saturated heterocycles. The van der Waals surface area contributed by atoms with Gasteiger partial charge in [0.15, 0.2) is 0 Å². The van der Waals surface area contributed by atoms with E-state index in [-0.39, 0.29) is 29.8 Å². The number of carboxylic acids is 1. The molecule has 6 nitrogen and oxygen atoms in total. The average molecular weight is 372 g/mol. The van der Waals surface area contributed by atoms with Crippen molar-refractivity contribution in [1.82, 2.24) is 10.2 Å². The van der Waals surface area contributed by atoms with Crippen molar-refractivity contribution in [2.45, 2.75) is 32.4 Å². The summed E-state index contributed by atoms with van der Waals surface area (Å²) in [6.07, 6.45) is 0.888. The van der Waals surface area contributed by atoms with E-state index < -0.39 is 5.97 Å². The highest BCUT2D eigenvalue weighted by atomic mass is 32.1. The van der Waals surface area contributed by atoms with Crippen LogP contribution < -0.4 is 5.32 Å². The molecule has 0 radical (unpaired) electrons. The molecule has 1 unspecified atom stereocenters. The Kier molecular flexibility index (Phi) is 5.37. The van der Waals surface area contributed by atoms with Crippen LogP contribution in [0, 0.1) is 0 Å². The molecule has 136 valence electrons. The van der Waals surface area contributed by atoms with E-state index in [4.69, 9.17) is 5.11 Å². The first-order valence-corrected chi connectivity index (χ1v) is 9.25. The average Bonchev–Trinajstić information content (AvgIpc) is 3.14. The number of carboxylic acid groups (broad SMARTS) is 1. The first-order chi connectivity index (χ1) is 12.4. The molecule has 7 heteroatoms. The topological polar surface area (TPSA) is 86.7 Å². The van der Waals surface area contributed by atoms with Crippen LogP contribution in [-0.4, -0.2) is 34.3 Å². The lowest BCUT2D eigenvalue weighted by molar-refractivity contribution is -0.133. The fourth-order valence-corrected chi connectivity index (χ4v) is 3.94. The van der Waals surface area contributed by atoms with E-state index in [2.05, 4.69) is 5.32 Å². The van der Waals surface area contributed by atoms with Crippen molar-refractivity contribution in [3.63, 3.8) is 0 Å². The molecule has 1 aromatic heterocycles. The molecule has 1 aliphatic rings. The minimum absolute atomic E-state index is 0.0523. The Labute approximate surface area is 155 Å². The smallest absolute Gasteiger partial charge is 0.335 e. The SMILES string of the molecule is CC(=O)NC(CC(=O)N1CCc2ccc(C(=O)O)cc2C1)c1cccs1. The second kappa shape index (κ2) is 7.70. The van der Waals surface area contributed by atoms with Gasteiger partial charge in [0.05, 0.1) is 18.0 Å². The van der Waals surface area contributed by atoms with E-state index in [9.17, 15) is 14.4 Å². The van der Waals surface area contributed by atoms with E-state index in [0.717, 1.165) is 16.0 Å². The number of thiophene rings is 1. The van der Waals surface area contributed by atoms with Crippen molar-refractivity contribution in [3.05, 3.63) is 57.3 Å². The molecule has 1 aliphatic heterocycles. The summed E-state index contributed by atoms with van der Waals surface area (Å²) in [7, 11) is 0. The summed E-state index contributed by atoms with van der Waals surface area (Å²) >= 11 is 1.50. The third kappa shape index (κ3) is 4.11. The highest BCUT2D eigenvalue weighted by molar-refractivity contribution is 7.10. The van der Waals surface area contributed by atoms with E-state index in [1.165, 1.54) is 18.3 Å². The predicted molar refractivity (Wildman–Crippen MR) is 98.0 cm³/mol. The Morgan fingerprint density at radius 2 is 2.08 bits per heavy atom. The molecular formula is C19H20N2O4S. The number of nitrogens with zero attached hydrogens (tertiary/aromatic N) is 1.